The number of aromatic amines is 1. The van der Waals surface area contributed by atoms with Crippen molar-refractivity contribution in [3.05, 3.63) is 33.9 Å². The molecule has 1 aliphatic carbocycles. The van der Waals surface area contributed by atoms with E-state index in [0.29, 0.717) is 30.2 Å². The molecular formula is C15H22N6O3S. The van der Waals surface area contributed by atoms with Crippen molar-refractivity contribution in [3.63, 3.8) is 0 Å². The summed E-state index contributed by atoms with van der Waals surface area (Å²) in [5, 5.41) is 4.22. The highest BCUT2D eigenvalue weighted by Gasteiger charge is 2.35. The van der Waals surface area contributed by atoms with Crippen LogP contribution < -0.4 is 15.2 Å². The molecule has 0 radical (unpaired) electrons. The Bertz CT molecular complexity index is 940. The van der Waals surface area contributed by atoms with E-state index in [1.807, 2.05) is 0 Å². The first-order valence-electron chi connectivity index (χ1n) is 7.97. The summed E-state index contributed by atoms with van der Waals surface area (Å²) >= 11 is 0. The lowest BCUT2D eigenvalue weighted by molar-refractivity contribution is 0.320. The quantitative estimate of drug-likeness (QED) is 0.776. The Morgan fingerprint density at radius 3 is 2.56 bits per heavy atom. The standard InChI is InChI=1S/C15H22N6O3S/c1-9-5-14(21(4)18-9)25(23,24)19-11-6-10(7-11)12-8-13(22)17-15(16-12)20(2)3/h5,8,10-11,19H,6-7H2,1-4H3,(H,16,17,22). The largest absolute Gasteiger partial charge is 0.348 e. The number of sulfonamides is 1. The zero-order chi connectivity index (χ0) is 18.4. The van der Waals surface area contributed by atoms with Crippen molar-refractivity contribution < 1.29 is 8.42 Å². The van der Waals surface area contributed by atoms with E-state index in [4.69, 9.17) is 0 Å². The van der Waals surface area contributed by atoms with Gasteiger partial charge in [-0.2, -0.15) is 5.10 Å². The van der Waals surface area contributed by atoms with Gasteiger partial charge in [0.05, 0.1) is 11.4 Å². The number of hydrogen-bond acceptors (Lipinski definition) is 6. The van der Waals surface area contributed by atoms with Gasteiger partial charge in [-0.05, 0) is 25.8 Å². The third-order valence-corrected chi connectivity index (χ3v) is 5.86. The lowest BCUT2D eigenvalue weighted by Crippen LogP contribution is -2.44. The summed E-state index contributed by atoms with van der Waals surface area (Å²) in [5.41, 5.74) is 1.14. The molecule has 0 aliphatic heterocycles. The fourth-order valence-corrected chi connectivity index (χ4v) is 4.42. The van der Waals surface area contributed by atoms with Crippen molar-refractivity contribution in [2.75, 3.05) is 19.0 Å². The highest BCUT2D eigenvalue weighted by Crippen LogP contribution is 2.36. The van der Waals surface area contributed by atoms with Crippen LogP contribution in [0.4, 0.5) is 5.95 Å². The summed E-state index contributed by atoms with van der Waals surface area (Å²) < 4.78 is 29.0. The molecular weight excluding hydrogens is 344 g/mol. The van der Waals surface area contributed by atoms with Gasteiger partial charge in [0.25, 0.3) is 15.6 Å². The summed E-state index contributed by atoms with van der Waals surface area (Å²) in [4.78, 5) is 20.6. The van der Waals surface area contributed by atoms with Crippen molar-refractivity contribution in [1.29, 1.82) is 0 Å². The predicted octanol–water partition coefficient (Wildman–Crippen LogP) is 0.102. The third-order valence-electron chi connectivity index (χ3n) is 4.29. The molecule has 2 aromatic heterocycles. The van der Waals surface area contributed by atoms with Crippen molar-refractivity contribution in [3.8, 4) is 0 Å². The van der Waals surface area contributed by atoms with Gasteiger partial charge in [-0.1, -0.05) is 0 Å². The number of nitrogens with zero attached hydrogens (tertiary/aromatic N) is 4. The van der Waals surface area contributed by atoms with Crippen molar-refractivity contribution >= 4 is 16.0 Å². The molecule has 1 fully saturated rings. The average Bonchev–Trinajstić information content (AvgIpc) is 2.81. The van der Waals surface area contributed by atoms with Crippen LogP contribution >= 0.6 is 0 Å². The molecule has 2 N–H and O–H groups in total. The van der Waals surface area contributed by atoms with Crippen LogP contribution in [0.1, 0.15) is 30.1 Å². The molecule has 0 spiro atoms. The highest BCUT2D eigenvalue weighted by atomic mass is 32.2. The van der Waals surface area contributed by atoms with Gasteiger partial charge in [-0.15, -0.1) is 0 Å². The third kappa shape index (κ3) is 3.59. The highest BCUT2D eigenvalue weighted by molar-refractivity contribution is 7.89. The molecule has 136 valence electrons. The number of hydrogen-bond donors (Lipinski definition) is 2. The molecule has 0 saturated heterocycles. The van der Waals surface area contributed by atoms with Crippen LogP contribution in [0.25, 0.3) is 0 Å². The lowest BCUT2D eigenvalue weighted by atomic mass is 9.78. The second kappa shape index (κ2) is 6.26. The molecule has 10 heteroatoms. The summed E-state index contributed by atoms with van der Waals surface area (Å²) in [5.74, 6) is 0.568. The fourth-order valence-electron chi connectivity index (χ4n) is 2.96. The number of H-pyrrole nitrogens is 1. The van der Waals surface area contributed by atoms with Gasteiger partial charge in [-0.25, -0.2) is 18.1 Å². The molecule has 3 rings (SSSR count). The summed E-state index contributed by atoms with van der Waals surface area (Å²) in [6, 6.07) is 2.85. The molecule has 9 nitrogen and oxygen atoms in total. The first-order chi connectivity index (χ1) is 11.7. The molecule has 0 amide bonds. The van der Waals surface area contributed by atoms with E-state index in [1.165, 1.54) is 10.7 Å². The number of anilines is 1. The van der Waals surface area contributed by atoms with Gasteiger partial charge in [0.1, 0.15) is 0 Å². The molecule has 0 atom stereocenters. The molecule has 0 bridgehead atoms. The van der Waals surface area contributed by atoms with Gasteiger partial charge in [0.2, 0.25) is 5.95 Å². The number of rotatable bonds is 5. The van der Waals surface area contributed by atoms with Crippen molar-refractivity contribution in [2.45, 2.75) is 36.8 Å². The van der Waals surface area contributed by atoms with Gasteiger partial charge < -0.3 is 4.90 Å². The second-order valence-electron chi connectivity index (χ2n) is 6.62. The van der Waals surface area contributed by atoms with Gasteiger partial charge in [-0.3, -0.25) is 14.5 Å². The van der Waals surface area contributed by atoms with Crippen LogP contribution in [-0.2, 0) is 17.1 Å². The first-order valence-corrected chi connectivity index (χ1v) is 9.45. The maximum Gasteiger partial charge on any atom is 0.257 e. The molecule has 2 aromatic rings. The van der Waals surface area contributed by atoms with Crippen molar-refractivity contribution in [2.24, 2.45) is 7.05 Å². The normalized spacial score (nSPS) is 20.3. The van der Waals surface area contributed by atoms with E-state index in [-0.39, 0.29) is 22.5 Å². The van der Waals surface area contributed by atoms with E-state index in [0.717, 1.165) is 0 Å². The summed E-state index contributed by atoms with van der Waals surface area (Å²) in [7, 11) is 1.60. The maximum atomic E-state index is 12.5. The lowest BCUT2D eigenvalue weighted by Gasteiger charge is -2.35. The van der Waals surface area contributed by atoms with Gasteiger partial charge in [0, 0.05) is 39.2 Å². The summed E-state index contributed by atoms with van der Waals surface area (Å²) in [6.45, 7) is 1.75. The van der Waals surface area contributed by atoms with Gasteiger partial charge >= 0.3 is 0 Å². The fraction of sp³-hybridized carbons (Fsp3) is 0.533. The Morgan fingerprint density at radius 1 is 1.32 bits per heavy atom. The maximum absolute atomic E-state index is 12.5. The van der Waals surface area contributed by atoms with Crippen LogP contribution in [0, 0.1) is 6.92 Å². The smallest absolute Gasteiger partial charge is 0.257 e. The van der Waals surface area contributed by atoms with E-state index in [1.54, 1.807) is 39.0 Å². The molecule has 1 saturated carbocycles. The minimum absolute atomic E-state index is 0.0713. The number of nitrogens with one attached hydrogen (secondary N) is 2. The molecule has 0 aromatic carbocycles. The minimum Gasteiger partial charge on any atom is -0.348 e. The van der Waals surface area contributed by atoms with Crippen LogP contribution in [0.3, 0.4) is 0 Å². The van der Waals surface area contributed by atoms with E-state index in [2.05, 4.69) is 19.8 Å². The van der Waals surface area contributed by atoms with E-state index < -0.39 is 10.0 Å². The minimum atomic E-state index is -3.61. The first kappa shape index (κ1) is 17.6. The van der Waals surface area contributed by atoms with E-state index in [9.17, 15) is 13.2 Å². The monoisotopic (exact) mass is 366 g/mol. The number of aryl methyl sites for hydroxylation is 2. The Kier molecular flexibility index (Phi) is 4.41. The second-order valence-corrected chi connectivity index (χ2v) is 8.28. The summed E-state index contributed by atoms with van der Waals surface area (Å²) in [6.07, 6.45) is 1.22. The van der Waals surface area contributed by atoms with Crippen LogP contribution in [-0.4, -0.2) is 48.3 Å². The number of aromatic nitrogens is 4. The molecule has 2 heterocycles. The topological polar surface area (TPSA) is 113 Å². The Balaban J connectivity index is 1.69. The Labute approximate surface area is 146 Å². The average molecular weight is 366 g/mol. The van der Waals surface area contributed by atoms with Gasteiger partial charge in [0.15, 0.2) is 5.03 Å². The molecule has 0 unspecified atom stereocenters. The van der Waals surface area contributed by atoms with Crippen LogP contribution in [0.2, 0.25) is 0 Å². The van der Waals surface area contributed by atoms with Crippen LogP contribution in [0.15, 0.2) is 22.0 Å². The van der Waals surface area contributed by atoms with Crippen LogP contribution in [0.5, 0.6) is 0 Å². The zero-order valence-corrected chi connectivity index (χ0v) is 15.5. The zero-order valence-electron chi connectivity index (χ0n) is 14.6. The molecule has 25 heavy (non-hydrogen) atoms. The SMILES string of the molecule is Cc1cc(S(=O)(=O)NC2CC(c3cc(=O)[nH]c(N(C)C)n3)C2)n(C)n1. The van der Waals surface area contributed by atoms with E-state index >= 15 is 0 Å². The van der Waals surface area contributed by atoms with Crippen molar-refractivity contribution in [1.82, 2.24) is 24.5 Å². The Morgan fingerprint density at radius 2 is 2.00 bits per heavy atom. The Hall–Kier alpha value is -2.20. The molecule has 1 aliphatic rings. The predicted molar refractivity (Wildman–Crippen MR) is 93.2 cm³/mol.